The fourth-order valence-electron chi connectivity index (χ4n) is 4.81. The molecule has 0 aliphatic carbocycles. The van der Waals surface area contributed by atoms with Gasteiger partial charge in [-0.25, -0.2) is 0 Å². The number of rotatable bonds is 20. The first-order valence-electron chi connectivity index (χ1n) is 14.8. The molecule has 1 fully saturated rings. The fraction of sp³-hybridized carbons (Fsp3) is 0.500. The predicted octanol–water partition coefficient (Wildman–Crippen LogP) is 3.42. The van der Waals surface area contributed by atoms with Gasteiger partial charge in [-0.3, -0.25) is 24.1 Å². The van der Waals surface area contributed by atoms with E-state index in [1.807, 2.05) is 4.90 Å². The minimum atomic E-state index is -3.30. The van der Waals surface area contributed by atoms with Gasteiger partial charge in [0, 0.05) is 31.8 Å². The lowest BCUT2D eigenvalue weighted by Gasteiger charge is -2.27. The Morgan fingerprint density at radius 1 is 0.783 bits per heavy atom. The monoisotopic (exact) mass is 654 g/mol. The number of carbonyl (C=O) groups is 4. The standard InChI is InChI=1S/C32H38F4N2O8/c33-31(34)45-20-25(30(42)44-19-23-9-5-2-6-10-23)17-28(40)27(21-46-32(35)36)37-29(41)24(15-22-7-3-1-4-8-22)16-26(39)18-38-11-13-43-14-12-38/h1-10,24-25,27,31-32H,11-21H2,(H,37,41)/t24-,25+,27+/m1/s1. The lowest BCUT2D eigenvalue weighted by atomic mass is 9.92. The Labute approximate surface area is 264 Å². The molecular weight excluding hydrogens is 616 g/mol. The number of benzene rings is 2. The van der Waals surface area contributed by atoms with Gasteiger partial charge in [0.05, 0.1) is 38.9 Å². The van der Waals surface area contributed by atoms with Gasteiger partial charge < -0.3 is 24.3 Å². The van der Waals surface area contributed by atoms with E-state index in [4.69, 9.17) is 9.47 Å². The number of hydrogen-bond acceptors (Lipinski definition) is 9. The topological polar surface area (TPSA) is 120 Å². The molecule has 0 aromatic heterocycles. The minimum Gasteiger partial charge on any atom is -0.461 e. The van der Waals surface area contributed by atoms with Gasteiger partial charge >= 0.3 is 19.2 Å². The molecule has 1 aliphatic heterocycles. The van der Waals surface area contributed by atoms with Gasteiger partial charge in [-0.1, -0.05) is 60.7 Å². The molecule has 10 nitrogen and oxygen atoms in total. The molecule has 46 heavy (non-hydrogen) atoms. The van der Waals surface area contributed by atoms with Crippen molar-refractivity contribution in [2.45, 2.75) is 45.1 Å². The van der Waals surface area contributed by atoms with Gasteiger partial charge in [-0.2, -0.15) is 17.6 Å². The van der Waals surface area contributed by atoms with Gasteiger partial charge in [-0.05, 0) is 17.5 Å². The average Bonchev–Trinajstić information content (AvgIpc) is 3.04. The summed E-state index contributed by atoms with van der Waals surface area (Å²) in [6.45, 7) is -6.52. The lowest BCUT2D eigenvalue weighted by molar-refractivity contribution is -0.167. The molecule has 0 unspecified atom stereocenters. The third-order valence-corrected chi connectivity index (χ3v) is 7.20. The van der Waals surface area contributed by atoms with E-state index in [1.54, 1.807) is 60.7 Å². The lowest BCUT2D eigenvalue weighted by Crippen LogP contribution is -2.48. The number of esters is 1. The van der Waals surface area contributed by atoms with E-state index < -0.39 is 68.4 Å². The molecule has 1 amide bonds. The Bertz CT molecular complexity index is 1230. The van der Waals surface area contributed by atoms with E-state index in [9.17, 15) is 36.7 Å². The summed E-state index contributed by atoms with van der Waals surface area (Å²) in [6.07, 6.45) is -0.878. The molecule has 3 rings (SSSR count). The van der Waals surface area contributed by atoms with Gasteiger partial charge in [0.25, 0.3) is 0 Å². The number of carbonyl (C=O) groups excluding carboxylic acids is 4. The average molecular weight is 655 g/mol. The van der Waals surface area contributed by atoms with Crippen molar-refractivity contribution in [2.75, 3.05) is 46.1 Å². The largest absolute Gasteiger partial charge is 0.461 e. The van der Waals surface area contributed by atoms with E-state index in [2.05, 4.69) is 14.8 Å². The third kappa shape index (κ3) is 13.7. The van der Waals surface area contributed by atoms with Crippen LogP contribution in [0.1, 0.15) is 24.0 Å². The Kier molecular flexibility index (Phi) is 15.8. The third-order valence-electron chi connectivity index (χ3n) is 7.20. The zero-order valence-corrected chi connectivity index (χ0v) is 25.2. The Balaban J connectivity index is 1.73. The van der Waals surface area contributed by atoms with Crippen molar-refractivity contribution in [2.24, 2.45) is 11.8 Å². The van der Waals surface area contributed by atoms with Crippen LogP contribution >= 0.6 is 0 Å². The number of ketones is 2. The van der Waals surface area contributed by atoms with Crippen molar-refractivity contribution in [3.8, 4) is 0 Å². The summed E-state index contributed by atoms with van der Waals surface area (Å²) in [6, 6.07) is 15.5. The summed E-state index contributed by atoms with van der Waals surface area (Å²) in [5, 5.41) is 2.39. The number of alkyl halides is 4. The molecule has 1 N–H and O–H groups in total. The highest BCUT2D eigenvalue weighted by Crippen LogP contribution is 2.17. The number of hydrogen-bond donors (Lipinski definition) is 1. The maximum atomic E-state index is 13.5. The van der Waals surface area contributed by atoms with Gasteiger partial charge in [0.2, 0.25) is 5.91 Å². The molecular formula is C32H38F4N2O8. The normalized spacial score (nSPS) is 15.7. The Hall–Kier alpha value is -3.72. The van der Waals surface area contributed by atoms with Gasteiger partial charge in [0.15, 0.2) is 5.78 Å². The Morgan fingerprint density at radius 2 is 1.37 bits per heavy atom. The van der Waals surface area contributed by atoms with Gasteiger partial charge in [-0.15, -0.1) is 0 Å². The summed E-state index contributed by atoms with van der Waals surface area (Å²) in [5.41, 5.74) is 1.32. The minimum absolute atomic E-state index is 0.0791. The fourth-order valence-corrected chi connectivity index (χ4v) is 4.81. The van der Waals surface area contributed by atoms with E-state index >= 15 is 0 Å². The number of ether oxygens (including phenoxy) is 4. The number of morpholine rings is 1. The molecule has 14 heteroatoms. The van der Waals surface area contributed by atoms with Crippen LogP contribution in [0.25, 0.3) is 0 Å². The molecule has 0 spiro atoms. The van der Waals surface area contributed by atoms with Crippen LogP contribution in [0.5, 0.6) is 0 Å². The second-order valence-electron chi connectivity index (χ2n) is 10.7. The van der Waals surface area contributed by atoms with Crippen molar-refractivity contribution in [1.82, 2.24) is 10.2 Å². The predicted molar refractivity (Wildman–Crippen MR) is 156 cm³/mol. The molecule has 0 radical (unpaired) electrons. The van der Waals surface area contributed by atoms with E-state index in [-0.39, 0.29) is 31.8 Å². The van der Waals surface area contributed by atoms with Crippen LogP contribution in [0.3, 0.4) is 0 Å². The zero-order chi connectivity index (χ0) is 33.3. The van der Waals surface area contributed by atoms with Crippen molar-refractivity contribution in [3.05, 3.63) is 71.8 Å². The maximum Gasteiger partial charge on any atom is 0.345 e. The van der Waals surface area contributed by atoms with Crippen molar-refractivity contribution >= 4 is 23.4 Å². The second-order valence-corrected chi connectivity index (χ2v) is 10.7. The second kappa shape index (κ2) is 19.7. The summed E-state index contributed by atoms with van der Waals surface area (Å²) in [7, 11) is 0. The van der Waals surface area contributed by atoms with Crippen LogP contribution in [0.2, 0.25) is 0 Å². The highest BCUT2D eigenvalue weighted by molar-refractivity contribution is 5.94. The van der Waals surface area contributed by atoms with E-state index in [1.165, 1.54) is 0 Å². The van der Waals surface area contributed by atoms with Gasteiger partial charge in [0.1, 0.15) is 18.4 Å². The SMILES string of the molecule is O=C(C[C@@H](Cc1ccccc1)C(=O)N[C@@H](COC(F)F)C(=O)C[C@@H](COC(F)F)C(=O)OCc1ccccc1)CN1CCOCC1. The molecule has 2 aromatic carbocycles. The van der Waals surface area contributed by atoms with Crippen LogP contribution in [-0.2, 0) is 51.2 Å². The smallest absolute Gasteiger partial charge is 0.345 e. The highest BCUT2D eigenvalue weighted by atomic mass is 19.3. The summed E-state index contributed by atoms with van der Waals surface area (Å²) in [4.78, 5) is 54.5. The first kappa shape index (κ1) is 36.7. The highest BCUT2D eigenvalue weighted by Gasteiger charge is 2.33. The van der Waals surface area contributed by atoms with Crippen LogP contribution in [0, 0.1) is 11.8 Å². The molecule has 1 saturated heterocycles. The van der Waals surface area contributed by atoms with E-state index in [0.29, 0.717) is 31.9 Å². The molecule has 2 aromatic rings. The summed E-state index contributed by atoms with van der Waals surface area (Å²) < 4.78 is 70.8. The van der Waals surface area contributed by atoms with E-state index in [0.717, 1.165) is 5.56 Å². The van der Waals surface area contributed by atoms with Crippen molar-refractivity contribution in [3.63, 3.8) is 0 Å². The summed E-state index contributed by atoms with van der Waals surface area (Å²) >= 11 is 0. The molecule has 252 valence electrons. The summed E-state index contributed by atoms with van der Waals surface area (Å²) in [5.74, 6) is -5.52. The number of amides is 1. The molecule has 0 bridgehead atoms. The zero-order valence-electron chi connectivity index (χ0n) is 25.2. The number of halogens is 4. The Morgan fingerprint density at radius 3 is 1.98 bits per heavy atom. The van der Waals surface area contributed by atoms with Crippen molar-refractivity contribution in [1.29, 1.82) is 0 Å². The molecule has 0 saturated carbocycles. The molecule has 3 atom stereocenters. The van der Waals surface area contributed by atoms with Crippen molar-refractivity contribution < 1.29 is 55.7 Å². The van der Waals surface area contributed by atoms with Crippen LogP contribution in [0.4, 0.5) is 17.6 Å². The molecule has 1 aliphatic rings. The van der Waals surface area contributed by atoms with Crippen LogP contribution in [0.15, 0.2) is 60.7 Å². The maximum absolute atomic E-state index is 13.5. The van der Waals surface area contributed by atoms with Crippen LogP contribution in [-0.4, -0.2) is 93.7 Å². The first-order valence-corrected chi connectivity index (χ1v) is 14.8. The number of nitrogens with one attached hydrogen (secondary N) is 1. The number of nitrogens with zero attached hydrogens (tertiary/aromatic N) is 1. The quantitative estimate of drug-likeness (QED) is 0.169. The molecule has 1 heterocycles. The number of Topliss-reactive ketones (excluding diaryl/α,β-unsaturated/α-hetero) is 2. The first-order chi connectivity index (χ1) is 22.1. The van der Waals surface area contributed by atoms with Crippen LogP contribution < -0.4 is 5.32 Å².